The summed E-state index contributed by atoms with van der Waals surface area (Å²) < 4.78 is 4.36. The van der Waals surface area contributed by atoms with Crippen molar-refractivity contribution in [2.75, 3.05) is 6.61 Å². The SMILES string of the molecule is NC(=O)COP(O)(=S)S. The van der Waals surface area contributed by atoms with Crippen LogP contribution in [-0.2, 0) is 21.1 Å². The minimum absolute atomic E-state index is 0.378. The van der Waals surface area contributed by atoms with Crippen molar-refractivity contribution in [2.24, 2.45) is 5.73 Å². The number of nitrogens with two attached hydrogens (primary N) is 1. The van der Waals surface area contributed by atoms with Crippen molar-refractivity contribution in [3.8, 4) is 0 Å². The second kappa shape index (κ2) is 3.53. The average Bonchev–Trinajstić information content (AvgIpc) is 1.59. The van der Waals surface area contributed by atoms with Gasteiger partial charge in [-0.2, -0.15) is 0 Å². The van der Waals surface area contributed by atoms with Gasteiger partial charge in [-0.05, 0) is 11.8 Å². The molecular formula is C2H6NO3PS2. The molecule has 0 spiro atoms. The summed E-state index contributed by atoms with van der Waals surface area (Å²) in [4.78, 5) is 18.6. The highest BCUT2D eigenvalue weighted by molar-refractivity contribution is 8.59. The second-order valence-corrected chi connectivity index (χ2v) is 6.39. The van der Waals surface area contributed by atoms with Gasteiger partial charge in [0, 0.05) is 0 Å². The second-order valence-electron chi connectivity index (χ2n) is 1.23. The molecule has 1 amide bonds. The third-order valence-electron chi connectivity index (χ3n) is 0.375. The predicted octanol–water partition coefficient (Wildman–Crippen LogP) is -0.365. The Hall–Kier alpha value is 0.390. The largest absolute Gasteiger partial charge is 0.368 e. The van der Waals surface area contributed by atoms with Crippen molar-refractivity contribution in [3.05, 3.63) is 0 Å². The molecule has 0 aliphatic rings. The molecule has 0 fully saturated rings. The Labute approximate surface area is 62.7 Å². The lowest BCUT2D eigenvalue weighted by Gasteiger charge is -2.05. The van der Waals surface area contributed by atoms with Crippen LogP contribution in [0.25, 0.3) is 0 Å². The van der Waals surface area contributed by atoms with E-state index in [1.165, 1.54) is 0 Å². The Morgan fingerprint density at radius 1 is 2.00 bits per heavy atom. The van der Waals surface area contributed by atoms with Crippen LogP contribution < -0.4 is 5.73 Å². The minimum Gasteiger partial charge on any atom is -0.368 e. The highest BCUT2D eigenvalue weighted by Gasteiger charge is 2.06. The van der Waals surface area contributed by atoms with Gasteiger partial charge in [-0.1, -0.05) is 12.2 Å². The first kappa shape index (κ1) is 9.39. The summed E-state index contributed by atoms with van der Waals surface area (Å²) in [7, 11) is 0. The maximum absolute atomic E-state index is 9.97. The molecular weight excluding hydrogens is 181 g/mol. The zero-order valence-corrected chi connectivity index (χ0v) is 6.96. The lowest BCUT2D eigenvalue weighted by atomic mass is 10.7. The number of carbonyl (C=O) groups excluding carboxylic acids is 1. The fraction of sp³-hybridized carbons (Fsp3) is 0.500. The molecule has 0 aromatic rings. The molecule has 0 aromatic heterocycles. The van der Waals surface area contributed by atoms with Crippen molar-refractivity contribution >= 4 is 35.7 Å². The number of amides is 1. The lowest BCUT2D eigenvalue weighted by molar-refractivity contribution is -0.119. The highest BCUT2D eigenvalue weighted by Crippen LogP contribution is 2.46. The lowest BCUT2D eigenvalue weighted by Crippen LogP contribution is -2.16. The van der Waals surface area contributed by atoms with E-state index in [1.54, 1.807) is 0 Å². The van der Waals surface area contributed by atoms with Crippen LogP contribution in [0, 0.1) is 0 Å². The molecule has 0 saturated heterocycles. The van der Waals surface area contributed by atoms with Gasteiger partial charge in [0.2, 0.25) is 11.6 Å². The maximum atomic E-state index is 9.97. The molecule has 0 aromatic carbocycles. The van der Waals surface area contributed by atoms with Gasteiger partial charge in [-0.25, -0.2) is 0 Å². The van der Waals surface area contributed by atoms with Gasteiger partial charge in [0.25, 0.3) is 0 Å². The molecule has 0 bridgehead atoms. The molecule has 4 nitrogen and oxygen atoms in total. The van der Waals surface area contributed by atoms with Gasteiger partial charge in [-0.3, -0.25) is 4.79 Å². The molecule has 0 radical (unpaired) electrons. The molecule has 0 heterocycles. The van der Waals surface area contributed by atoms with E-state index in [9.17, 15) is 4.79 Å². The average molecular weight is 187 g/mol. The monoisotopic (exact) mass is 187 g/mol. The Morgan fingerprint density at radius 2 is 2.44 bits per heavy atom. The number of thiol groups is 1. The quantitative estimate of drug-likeness (QED) is 0.416. The van der Waals surface area contributed by atoms with Crippen molar-refractivity contribution in [3.63, 3.8) is 0 Å². The summed E-state index contributed by atoms with van der Waals surface area (Å²) in [5.74, 6) is -0.674. The van der Waals surface area contributed by atoms with Gasteiger partial charge in [-0.15, -0.1) is 0 Å². The van der Waals surface area contributed by atoms with Gasteiger partial charge in [0.15, 0.2) is 0 Å². The third kappa shape index (κ3) is 8.39. The smallest absolute Gasteiger partial charge is 0.243 e. The van der Waals surface area contributed by atoms with Gasteiger partial charge in [0.1, 0.15) is 6.61 Å². The molecule has 0 rings (SSSR count). The molecule has 9 heavy (non-hydrogen) atoms. The molecule has 7 heteroatoms. The Balaban J connectivity index is 3.53. The first-order chi connectivity index (χ1) is 3.92. The normalized spacial score (nSPS) is 16.7. The first-order valence-corrected chi connectivity index (χ1v) is 5.73. The summed E-state index contributed by atoms with van der Waals surface area (Å²) >= 11 is 7.78. The summed E-state index contributed by atoms with van der Waals surface area (Å²) in [6.07, 6.45) is 0. The number of primary amides is 1. The van der Waals surface area contributed by atoms with Crippen LogP contribution in [0.1, 0.15) is 0 Å². The molecule has 3 N–H and O–H groups in total. The Bertz CT molecular complexity index is 154. The standard InChI is InChI=1S/C2H6NO3PS2/c3-2(4)1-6-7(5,8)9/h1H2,(H2,3,4)(H2,5,8,9). The van der Waals surface area contributed by atoms with E-state index < -0.39 is 11.6 Å². The highest BCUT2D eigenvalue weighted by atomic mass is 32.9. The van der Waals surface area contributed by atoms with Gasteiger partial charge in [0.05, 0.1) is 0 Å². The number of hydrogen-bond donors (Lipinski definition) is 3. The number of rotatable bonds is 3. The summed E-state index contributed by atoms with van der Waals surface area (Å²) in [6, 6.07) is 0. The number of hydrogen-bond acceptors (Lipinski definition) is 3. The summed E-state index contributed by atoms with van der Waals surface area (Å²) in [6.45, 7) is -0.378. The third-order valence-corrected chi connectivity index (χ3v) is 1.50. The molecule has 0 saturated carbocycles. The van der Waals surface area contributed by atoms with E-state index in [0.29, 0.717) is 0 Å². The first-order valence-electron chi connectivity index (χ1n) is 1.90. The summed E-state index contributed by atoms with van der Waals surface area (Å²) in [5, 5.41) is 0. The van der Waals surface area contributed by atoms with Gasteiger partial charge < -0.3 is 15.2 Å². The molecule has 1 atom stereocenters. The van der Waals surface area contributed by atoms with Crippen molar-refractivity contribution in [1.29, 1.82) is 0 Å². The van der Waals surface area contributed by atoms with Crippen LogP contribution in [0.3, 0.4) is 0 Å². The van der Waals surface area contributed by atoms with E-state index in [0.717, 1.165) is 0 Å². The zero-order valence-electron chi connectivity index (χ0n) is 4.35. The van der Waals surface area contributed by atoms with E-state index in [1.807, 2.05) is 0 Å². The van der Waals surface area contributed by atoms with E-state index in [2.05, 4.69) is 34.3 Å². The van der Waals surface area contributed by atoms with Gasteiger partial charge >= 0.3 is 0 Å². The molecule has 0 aliphatic heterocycles. The molecule has 0 aliphatic carbocycles. The predicted molar refractivity (Wildman–Crippen MR) is 40.6 cm³/mol. The van der Waals surface area contributed by atoms with Crippen LogP contribution in [0.5, 0.6) is 0 Å². The van der Waals surface area contributed by atoms with E-state index >= 15 is 0 Å². The van der Waals surface area contributed by atoms with Crippen LogP contribution in [0.15, 0.2) is 0 Å². The molecule has 1 unspecified atom stereocenters. The number of carbonyl (C=O) groups is 1. The summed E-state index contributed by atoms with van der Waals surface area (Å²) in [5.41, 5.74) is 1.67. The minimum atomic E-state index is -2.99. The van der Waals surface area contributed by atoms with E-state index in [4.69, 9.17) is 4.89 Å². The van der Waals surface area contributed by atoms with Crippen LogP contribution in [0.2, 0.25) is 0 Å². The van der Waals surface area contributed by atoms with E-state index in [-0.39, 0.29) is 6.61 Å². The topological polar surface area (TPSA) is 72.6 Å². The van der Waals surface area contributed by atoms with Crippen LogP contribution in [0.4, 0.5) is 0 Å². The van der Waals surface area contributed by atoms with Crippen molar-refractivity contribution in [1.82, 2.24) is 0 Å². The fourth-order valence-electron chi connectivity index (χ4n) is 0.148. The van der Waals surface area contributed by atoms with Crippen LogP contribution >= 0.6 is 17.9 Å². The van der Waals surface area contributed by atoms with Crippen molar-refractivity contribution in [2.45, 2.75) is 0 Å². The fourth-order valence-corrected chi connectivity index (χ4v) is 0.774. The van der Waals surface area contributed by atoms with Crippen LogP contribution in [-0.4, -0.2) is 17.4 Å². The Morgan fingerprint density at radius 3 is 2.56 bits per heavy atom. The maximum Gasteiger partial charge on any atom is 0.243 e. The zero-order chi connectivity index (χ0) is 7.49. The molecule has 54 valence electrons. The Kier molecular flexibility index (Phi) is 3.68. The van der Waals surface area contributed by atoms with Crippen molar-refractivity contribution < 1.29 is 14.2 Å².